The molecule has 3 aliphatic heterocycles. The minimum absolute atomic E-state index is 0.214. The van der Waals surface area contributed by atoms with Crippen molar-refractivity contribution in [1.29, 1.82) is 0 Å². The highest BCUT2D eigenvalue weighted by Crippen LogP contribution is 2.18. The largest absolute Gasteiger partial charge is 0.463 e. The smallest absolute Gasteiger partial charge is 0.323 e. The van der Waals surface area contributed by atoms with Gasteiger partial charge in [0.25, 0.3) is 0 Å². The maximum absolute atomic E-state index is 5.66. The van der Waals surface area contributed by atoms with Gasteiger partial charge in [-0.25, -0.2) is 4.90 Å². The van der Waals surface area contributed by atoms with Crippen molar-refractivity contribution in [3.63, 3.8) is 0 Å². The molecule has 3 heterocycles. The van der Waals surface area contributed by atoms with Crippen molar-refractivity contribution in [2.45, 2.75) is 59.3 Å². The molecule has 0 spiro atoms. The minimum Gasteiger partial charge on any atom is -0.463 e. The fourth-order valence-electron chi connectivity index (χ4n) is 2.35. The van der Waals surface area contributed by atoms with E-state index < -0.39 is 0 Å². The van der Waals surface area contributed by atoms with E-state index in [0.29, 0.717) is 37.7 Å². The Kier molecular flexibility index (Phi) is 7.10. The summed E-state index contributed by atoms with van der Waals surface area (Å²) in [6, 6.07) is 0.642. The molecule has 0 saturated heterocycles. The molecule has 0 fully saturated rings. The fourth-order valence-corrected chi connectivity index (χ4v) is 2.35. The van der Waals surface area contributed by atoms with E-state index in [0.717, 1.165) is 38.5 Å². The molecule has 0 bridgehead atoms. The van der Waals surface area contributed by atoms with Gasteiger partial charge in [0, 0.05) is 0 Å². The standard InChI is InChI=1S/C18H27N7O3/c1-4-7-10-26-16-19-13-21-17(27-11-8-5-2)23-15-24-18(28-12-9-6-3)22-14(20-16)25(13)15/h4-12H2,1-3H3. The number of hydrogen-bond acceptors (Lipinski definition) is 10. The van der Waals surface area contributed by atoms with Crippen LogP contribution in [0, 0.1) is 0 Å². The molecule has 28 heavy (non-hydrogen) atoms. The number of nitrogens with zero attached hydrogens (tertiary/aromatic N) is 7. The molecule has 0 N–H and O–H groups in total. The van der Waals surface area contributed by atoms with Crippen LogP contribution < -0.4 is 0 Å². The van der Waals surface area contributed by atoms with Gasteiger partial charge < -0.3 is 14.2 Å². The molecule has 152 valence electrons. The summed E-state index contributed by atoms with van der Waals surface area (Å²) in [5.74, 6) is 0.981. The second kappa shape index (κ2) is 9.95. The molecule has 0 aromatic carbocycles. The van der Waals surface area contributed by atoms with Gasteiger partial charge in [-0.3, -0.25) is 0 Å². The minimum atomic E-state index is 0.214. The Morgan fingerprint density at radius 3 is 1.14 bits per heavy atom. The van der Waals surface area contributed by atoms with Crippen LogP contribution in [0.2, 0.25) is 0 Å². The van der Waals surface area contributed by atoms with Crippen LogP contribution in [0.4, 0.5) is 0 Å². The van der Waals surface area contributed by atoms with Crippen LogP contribution >= 0.6 is 0 Å². The lowest BCUT2D eigenvalue weighted by Crippen LogP contribution is -2.48. The summed E-state index contributed by atoms with van der Waals surface area (Å²) in [4.78, 5) is 27.8. The summed E-state index contributed by atoms with van der Waals surface area (Å²) in [7, 11) is 0. The maximum Gasteiger partial charge on any atom is 0.323 e. The molecule has 0 radical (unpaired) electrons. The molecule has 3 aliphatic rings. The van der Waals surface area contributed by atoms with Gasteiger partial charge in [-0.15, -0.1) is 0 Å². The van der Waals surface area contributed by atoms with Gasteiger partial charge in [-0.2, -0.15) is 30.0 Å². The number of guanidine groups is 3. The van der Waals surface area contributed by atoms with Crippen LogP contribution in [0.15, 0.2) is 30.0 Å². The van der Waals surface area contributed by atoms with E-state index in [1.807, 2.05) is 0 Å². The van der Waals surface area contributed by atoms with E-state index >= 15 is 0 Å². The Balaban J connectivity index is 1.85. The Bertz CT molecular complexity index is 652. The molecule has 10 heteroatoms. The van der Waals surface area contributed by atoms with Gasteiger partial charge >= 0.3 is 18.1 Å². The normalized spacial score (nSPS) is 17.5. The van der Waals surface area contributed by atoms with E-state index in [-0.39, 0.29) is 18.1 Å². The van der Waals surface area contributed by atoms with E-state index in [9.17, 15) is 0 Å². The van der Waals surface area contributed by atoms with Crippen molar-refractivity contribution < 1.29 is 14.2 Å². The number of aliphatic imine (C=N–C) groups is 6. The molecule has 0 unspecified atom stereocenters. The highest BCUT2D eigenvalue weighted by atomic mass is 16.5. The SMILES string of the molecule is CCCCOC1=NC2=NC(OCCCC)=NC3=NC(OCCCC)=NC(=N1)N23. The number of hydrogen-bond donors (Lipinski definition) is 0. The predicted molar refractivity (Wildman–Crippen MR) is 109 cm³/mol. The average molecular weight is 389 g/mol. The molecular weight excluding hydrogens is 362 g/mol. The third-order valence-electron chi connectivity index (χ3n) is 3.96. The summed E-state index contributed by atoms with van der Waals surface area (Å²) in [6.07, 6.45) is 5.78. The first-order valence-corrected chi connectivity index (χ1v) is 9.95. The molecule has 0 aliphatic carbocycles. The first kappa shape index (κ1) is 20.0. The number of rotatable bonds is 9. The second-order valence-electron chi connectivity index (χ2n) is 6.36. The van der Waals surface area contributed by atoms with E-state index in [1.165, 1.54) is 0 Å². The van der Waals surface area contributed by atoms with Crippen molar-refractivity contribution in [2.24, 2.45) is 30.0 Å². The van der Waals surface area contributed by atoms with Crippen LogP contribution in [0.5, 0.6) is 0 Å². The lowest BCUT2D eigenvalue weighted by atomic mass is 10.4. The lowest BCUT2D eigenvalue weighted by Gasteiger charge is -2.29. The number of unbranched alkanes of at least 4 members (excludes halogenated alkanes) is 3. The molecule has 0 saturated carbocycles. The molecule has 10 nitrogen and oxygen atoms in total. The van der Waals surface area contributed by atoms with Gasteiger partial charge in [-0.1, -0.05) is 40.0 Å². The number of ether oxygens (including phenoxy) is 3. The molecule has 0 atom stereocenters. The Morgan fingerprint density at radius 2 is 0.857 bits per heavy atom. The average Bonchev–Trinajstić information content (AvgIpc) is 2.68. The van der Waals surface area contributed by atoms with Gasteiger partial charge in [0.15, 0.2) is 0 Å². The predicted octanol–water partition coefficient (Wildman–Crippen LogP) is 2.92. The Hall–Kier alpha value is -2.78. The van der Waals surface area contributed by atoms with Crippen molar-refractivity contribution >= 4 is 35.9 Å². The molecular formula is C18H27N7O3. The topological polar surface area (TPSA) is 105 Å². The third-order valence-corrected chi connectivity index (χ3v) is 3.96. The van der Waals surface area contributed by atoms with Gasteiger partial charge in [0.2, 0.25) is 17.9 Å². The van der Waals surface area contributed by atoms with Crippen LogP contribution in [0.25, 0.3) is 0 Å². The van der Waals surface area contributed by atoms with Gasteiger partial charge in [0.05, 0.1) is 19.8 Å². The molecule has 0 aromatic heterocycles. The molecule has 0 amide bonds. The van der Waals surface area contributed by atoms with Gasteiger partial charge in [0.1, 0.15) is 0 Å². The first-order valence-electron chi connectivity index (χ1n) is 9.95. The van der Waals surface area contributed by atoms with Gasteiger partial charge in [-0.05, 0) is 19.3 Å². The Morgan fingerprint density at radius 1 is 0.536 bits per heavy atom. The van der Waals surface area contributed by atoms with E-state index in [1.54, 1.807) is 4.90 Å². The fraction of sp³-hybridized carbons (Fsp3) is 0.667. The Labute approximate surface area is 164 Å². The third kappa shape index (κ3) is 4.93. The summed E-state index contributed by atoms with van der Waals surface area (Å²) in [6.45, 7) is 7.85. The first-order chi connectivity index (χ1) is 13.7. The van der Waals surface area contributed by atoms with Crippen LogP contribution in [-0.4, -0.2) is 60.7 Å². The van der Waals surface area contributed by atoms with E-state index in [2.05, 4.69) is 50.7 Å². The number of amidine groups is 3. The van der Waals surface area contributed by atoms with E-state index in [4.69, 9.17) is 14.2 Å². The lowest BCUT2D eigenvalue weighted by molar-refractivity contribution is 0.287. The highest BCUT2D eigenvalue weighted by Gasteiger charge is 2.36. The summed E-state index contributed by atoms with van der Waals surface area (Å²) >= 11 is 0. The van der Waals surface area contributed by atoms with Crippen LogP contribution in [-0.2, 0) is 14.2 Å². The summed E-state index contributed by atoms with van der Waals surface area (Å²) in [5.41, 5.74) is 0. The zero-order valence-electron chi connectivity index (χ0n) is 16.7. The maximum atomic E-state index is 5.66. The van der Waals surface area contributed by atoms with Crippen molar-refractivity contribution in [3.8, 4) is 0 Å². The second-order valence-corrected chi connectivity index (χ2v) is 6.36. The monoisotopic (exact) mass is 389 g/mol. The zero-order valence-corrected chi connectivity index (χ0v) is 16.7. The molecule has 3 rings (SSSR count). The summed E-state index contributed by atoms with van der Waals surface area (Å²) < 4.78 is 17.0. The van der Waals surface area contributed by atoms with Crippen molar-refractivity contribution in [2.75, 3.05) is 19.8 Å². The quantitative estimate of drug-likeness (QED) is 0.565. The van der Waals surface area contributed by atoms with Crippen LogP contribution in [0.1, 0.15) is 59.3 Å². The van der Waals surface area contributed by atoms with Crippen molar-refractivity contribution in [3.05, 3.63) is 0 Å². The summed E-state index contributed by atoms with van der Waals surface area (Å²) in [5, 5.41) is 0. The highest BCUT2D eigenvalue weighted by molar-refractivity contribution is 6.28. The van der Waals surface area contributed by atoms with Crippen molar-refractivity contribution in [1.82, 2.24) is 4.90 Å². The zero-order chi connectivity index (χ0) is 19.8. The van der Waals surface area contributed by atoms with Crippen LogP contribution in [0.3, 0.4) is 0 Å². The molecule has 0 aromatic rings.